The predicted octanol–water partition coefficient (Wildman–Crippen LogP) is 13.6. The van der Waals surface area contributed by atoms with Gasteiger partial charge in [-0.05, 0) is 91.2 Å². The summed E-state index contributed by atoms with van der Waals surface area (Å²) in [6.45, 7) is 6.27. The van der Waals surface area contributed by atoms with Crippen LogP contribution >= 0.6 is 0 Å². The molecule has 0 aliphatic rings. The van der Waals surface area contributed by atoms with Crippen LogP contribution in [0.25, 0.3) is 0 Å². The quantitative estimate of drug-likeness (QED) is 0.0165. The van der Waals surface area contributed by atoms with E-state index in [4.69, 9.17) is 18.9 Å². The van der Waals surface area contributed by atoms with E-state index < -0.39 is 11.9 Å². The van der Waals surface area contributed by atoms with E-state index in [1.807, 2.05) is 24.3 Å². The van der Waals surface area contributed by atoms with E-state index in [0.717, 1.165) is 37.2 Å². The minimum Gasteiger partial charge on any atom is -0.507 e. The van der Waals surface area contributed by atoms with E-state index in [1.54, 1.807) is 60.7 Å². The van der Waals surface area contributed by atoms with Gasteiger partial charge in [-0.3, -0.25) is 4.79 Å². The van der Waals surface area contributed by atoms with Gasteiger partial charge in [-0.15, -0.1) is 0 Å². The molecule has 0 saturated heterocycles. The molecule has 0 saturated carbocycles. The largest absolute Gasteiger partial charge is 0.507 e. The first-order valence-corrected chi connectivity index (χ1v) is 23.0. The molecule has 0 fully saturated rings. The Balaban J connectivity index is 1.08. The highest BCUT2D eigenvalue weighted by atomic mass is 16.5. The molecule has 0 bridgehead atoms. The van der Waals surface area contributed by atoms with Crippen molar-refractivity contribution in [2.75, 3.05) is 13.2 Å². The number of nitrogens with zero attached hydrogens (tertiary/aromatic N) is 1. The number of rotatable bonds is 32. The Morgan fingerprint density at radius 2 is 0.951 bits per heavy atom. The van der Waals surface area contributed by atoms with Crippen molar-refractivity contribution in [2.24, 2.45) is 5.10 Å². The van der Waals surface area contributed by atoms with Crippen molar-refractivity contribution in [1.29, 1.82) is 0 Å². The second kappa shape index (κ2) is 29.8. The number of ether oxygens (including phenoxy) is 4. The van der Waals surface area contributed by atoms with Crippen molar-refractivity contribution in [1.82, 2.24) is 5.43 Å². The normalized spacial score (nSPS) is 11.1. The lowest BCUT2D eigenvalue weighted by molar-refractivity contribution is 0.0734. The monoisotopic (exact) mass is 835 g/mol. The number of carbonyl (C=O) groups is 2. The minimum atomic E-state index is -0.555. The molecule has 2 N–H and O–H groups in total. The highest BCUT2D eigenvalue weighted by Crippen LogP contribution is 2.24. The highest BCUT2D eigenvalue weighted by molar-refractivity contribution is 5.95. The predicted molar refractivity (Wildman–Crippen MR) is 246 cm³/mol. The number of benzene rings is 4. The number of phenolic OH excluding ortho intramolecular Hbond substituents is 1. The van der Waals surface area contributed by atoms with E-state index in [9.17, 15) is 14.7 Å². The van der Waals surface area contributed by atoms with Crippen LogP contribution in [0, 0.1) is 0 Å². The van der Waals surface area contributed by atoms with Gasteiger partial charge < -0.3 is 24.1 Å². The number of aromatic hydroxyl groups is 1. The van der Waals surface area contributed by atoms with Crippen molar-refractivity contribution in [3.05, 3.63) is 113 Å². The van der Waals surface area contributed by atoms with Crippen LogP contribution < -0.4 is 24.4 Å². The fourth-order valence-corrected chi connectivity index (χ4v) is 6.88. The van der Waals surface area contributed by atoms with E-state index >= 15 is 0 Å². The maximum Gasteiger partial charge on any atom is 0.343 e. The molecule has 330 valence electrons. The van der Waals surface area contributed by atoms with Crippen LogP contribution in [-0.2, 0) is 6.61 Å². The topological polar surface area (TPSA) is 116 Å². The van der Waals surface area contributed by atoms with E-state index in [0.29, 0.717) is 41.4 Å². The van der Waals surface area contributed by atoms with Crippen LogP contribution in [0.1, 0.15) is 174 Å². The fourth-order valence-electron chi connectivity index (χ4n) is 6.88. The molecule has 0 spiro atoms. The highest BCUT2D eigenvalue weighted by Gasteiger charge is 2.11. The van der Waals surface area contributed by atoms with Crippen molar-refractivity contribution >= 4 is 18.1 Å². The molecule has 9 nitrogen and oxygen atoms in total. The van der Waals surface area contributed by atoms with E-state index in [2.05, 4.69) is 24.4 Å². The Bertz CT molecular complexity index is 1820. The first-order chi connectivity index (χ1) is 29.9. The number of carbonyl (C=O) groups excluding carboxylic acids is 2. The maximum absolute atomic E-state index is 12.8. The average Bonchev–Trinajstić information content (AvgIpc) is 3.28. The van der Waals surface area contributed by atoms with E-state index in [1.165, 1.54) is 121 Å². The standard InChI is InChI=1S/C52H70N2O7/c1-3-5-7-9-11-13-14-15-16-18-20-22-38-59-47-34-27-44(28-35-47)52(57)61-49-36-29-45(50(55)39-49)40-53-54-51(56)43-25-32-48(33-26-43)60-41-42-23-30-46(31-24-42)58-37-21-19-17-12-10-8-6-4-2/h23-36,39-40,55H,3-22,37-38,41H2,1-2H3,(H,54,56)/b53-40+. The molecular formula is C52H70N2O7. The SMILES string of the molecule is CCCCCCCCCCCCCCOc1ccc(C(=O)Oc2ccc(/C=N/NC(=O)c3ccc(OCc4ccc(OCCCCCCCCCC)cc4)cc3)c(O)c2)cc1. The Kier molecular flexibility index (Phi) is 23.7. The van der Waals surface area contributed by atoms with Gasteiger partial charge in [-0.2, -0.15) is 5.10 Å². The van der Waals surface area contributed by atoms with Gasteiger partial charge in [0.1, 0.15) is 35.4 Å². The molecule has 0 aliphatic heterocycles. The lowest BCUT2D eigenvalue weighted by atomic mass is 10.1. The van der Waals surface area contributed by atoms with Crippen LogP contribution in [-0.4, -0.2) is 36.4 Å². The molecule has 0 heterocycles. The number of hydrogen-bond acceptors (Lipinski definition) is 8. The number of unbranched alkanes of at least 4 members (excludes halogenated alkanes) is 18. The van der Waals surface area contributed by atoms with Gasteiger partial charge in [0, 0.05) is 17.2 Å². The molecule has 0 aromatic heterocycles. The van der Waals surface area contributed by atoms with Gasteiger partial charge in [-0.25, -0.2) is 10.2 Å². The molecule has 0 atom stereocenters. The number of phenols is 1. The second-order valence-electron chi connectivity index (χ2n) is 15.9. The average molecular weight is 835 g/mol. The molecule has 0 radical (unpaired) electrons. The summed E-state index contributed by atoms with van der Waals surface area (Å²) < 4.78 is 23.2. The molecule has 4 aromatic carbocycles. The Hall–Kier alpha value is -5.31. The first-order valence-electron chi connectivity index (χ1n) is 23.0. The van der Waals surface area contributed by atoms with Gasteiger partial charge in [0.05, 0.1) is 25.0 Å². The van der Waals surface area contributed by atoms with Crippen LogP contribution in [0.5, 0.6) is 28.7 Å². The fraction of sp³-hybridized carbons (Fsp3) is 0.481. The summed E-state index contributed by atoms with van der Waals surface area (Å²) in [5.74, 6) is 1.24. The smallest absolute Gasteiger partial charge is 0.343 e. The van der Waals surface area contributed by atoms with Gasteiger partial charge in [-0.1, -0.05) is 142 Å². The molecule has 4 aromatic rings. The zero-order chi connectivity index (χ0) is 43.2. The lowest BCUT2D eigenvalue weighted by Gasteiger charge is -2.09. The van der Waals surface area contributed by atoms with Gasteiger partial charge in [0.25, 0.3) is 5.91 Å². The van der Waals surface area contributed by atoms with Crippen molar-refractivity contribution < 1.29 is 33.6 Å². The molecule has 0 unspecified atom stereocenters. The lowest BCUT2D eigenvalue weighted by Crippen LogP contribution is -2.17. The van der Waals surface area contributed by atoms with Crippen LogP contribution in [0.15, 0.2) is 96.1 Å². The summed E-state index contributed by atoms with van der Waals surface area (Å²) in [5, 5.41) is 14.5. The number of hydrazone groups is 1. The summed E-state index contributed by atoms with van der Waals surface area (Å²) >= 11 is 0. The zero-order valence-corrected chi connectivity index (χ0v) is 36.8. The summed E-state index contributed by atoms with van der Waals surface area (Å²) in [4.78, 5) is 25.5. The molecule has 1 amide bonds. The number of amides is 1. The third kappa shape index (κ3) is 20.2. The molecule has 61 heavy (non-hydrogen) atoms. The maximum atomic E-state index is 12.8. The molecule has 0 aliphatic carbocycles. The molecular weight excluding hydrogens is 765 g/mol. The van der Waals surface area contributed by atoms with Crippen LogP contribution in [0.2, 0.25) is 0 Å². The Labute approximate surface area is 365 Å². The first kappa shape index (κ1) is 48.4. The van der Waals surface area contributed by atoms with Crippen molar-refractivity contribution in [3.63, 3.8) is 0 Å². The molecule has 9 heteroatoms. The second-order valence-corrected chi connectivity index (χ2v) is 15.9. The van der Waals surface area contributed by atoms with Crippen LogP contribution in [0.4, 0.5) is 0 Å². The minimum absolute atomic E-state index is 0.160. The van der Waals surface area contributed by atoms with Gasteiger partial charge in [0.2, 0.25) is 0 Å². The van der Waals surface area contributed by atoms with Crippen LogP contribution in [0.3, 0.4) is 0 Å². The van der Waals surface area contributed by atoms with Crippen molar-refractivity contribution in [3.8, 4) is 28.7 Å². The van der Waals surface area contributed by atoms with Gasteiger partial charge in [0.15, 0.2) is 0 Å². The third-order valence-electron chi connectivity index (χ3n) is 10.7. The van der Waals surface area contributed by atoms with Gasteiger partial charge >= 0.3 is 5.97 Å². The third-order valence-corrected chi connectivity index (χ3v) is 10.7. The number of nitrogens with one attached hydrogen (secondary N) is 1. The Morgan fingerprint density at radius 1 is 0.525 bits per heavy atom. The summed E-state index contributed by atoms with van der Waals surface area (Å²) in [6, 6.07) is 26.0. The molecule has 4 rings (SSSR count). The van der Waals surface area contributed by atoms with Crippen molar-refractivity contribution in [2.45, 2.75) is 149 Å². The Morgan fingerprint density at radius 3 is 1.44 bits per heavy atom. The van der Waals surface area contributed by atoms with E-state index in [-0.39, 0.29) is 11.5 Å². The number of esters is 1. The summed E-state index contributed by atoms with van der Waals surface area (Å²) in [6.07, 6.45) is 27.1. The zero-order valence-electron chi connectivity index (χ0n) is 36.8. The summed E-state index contributed by atoms with van der Waals surface area (Å²) in [5.41, 5.74) is 4.58. The summed E-state index contributed by atoms with van der Waals surface area (Å²) in [7, 11) is 0. The number of hydrogen-bond donors (Lipinski definition) is 2.